The molecule has 0 bridgehead atoms. The van der Waals surface area contributed by atoms with Gasteiger partial charge in [0.05, 0.1) is 19.8 Å². The molecule has 0 saturated carbocycles. The first-order chi connectivity index (χ1) is 8.31. The van der Waals surface area contributed by atoms with Gasteiger partial charge >= 0.3 is 0 Å². The number of aliphatic hydroxyl groups excluding tert-OH is 1. The van der Waals surface area contributed by atoms with Crippen molar-refractivity contribution in [2.24, 2.45) is 0 Å². The van der Waals surface area contributed by atoms with Crippen LogP contribution in [0.15, 0.2) is 18.2 Å². The third kappa shape index (κ3) is 3.25. The lowest BCUT2D eigenvalue weighted by Gasteiger charge is -2.26. The summed E-state index contributed by atoms with van der Waals surface area (Å²) in [5.41, 5.74) is 1.33. The van der Waals surface area contributed by atoms with E-state index in [1.807, 2.05) is 0 Å². The van der Waals surface area contributed by atoms with Crippen LogP contribution in [0.25, 0.3) is 0 Å². The van der Waals surface area contributed by atoms with Gasteiger partial charge in [-0.05, 0) is 23.6 Å². The number of hydrogen-bond donors (Lipinski definition) is 1. The minimum atomic E-state index is -0.218. The van der Waals surface area contributed by atoms with Gasteiger partial charge in [0.25, 0.3) is 0 Å². The van der Waals surface area contributed by atoms with Crippen molar-refractivity contribution in [2.45, 2.75) is 13.0 Å². The molecule has 1 fully saturated rings. The standard InChI is InChI=1S/C13H18FNO2/c14-13-3-1-2-11(10-16)12(13)4-5-15-6-8-17-9-7-15/h1-3,16H,4-10H2. The molecule has 0 atom stereocenters. The van der Waals surface area contributed by atoms with Gasteiger partial charge in [0.1, 0.15) is 5.82 Å². The van der Waals surface area contributed by atoms with Crippen molar-refractivity contribution < 1.29 is 14.2 Å². The number of aliphatic hydroxyl groups is 1. The average molecular weight is 239 g/mol. The third-order valence-corrected chi connectivity index (χ3v) is 3.17. The number of rotatable bonds is 4. The fourth-order valence-corrected chi connectivity index (χ4v) is 2.13. The normalized spacial score (nSPS) is 17.3. The molecular formula is C13H18FNO2. The van der Waals surface area contributed by atoms with Crippen LogP contribution in [-0.4, -0.2) is 42.9 Å². The summed E-state index contributed by atoms with van der Waals surface area (Å²) in [7, 11) is 0. The van der Waals surface area contributed by atoms with Gasteiger partial charge in [-0.3, -0.25) is 4.90 Å². The number of ether oxygens (including phenoxy) is 1. The predicted octanol–water partition coefficient (Wildman–Crippen LogP) is 1.19. The van der Waals surface area contributed by atoms with Gasteiger partial charge in [-0.1, -0.05) is 12.1 Å². The van der Waals surface area contributed by atoms with E-state index in [1.54, 1.807) is 12.1 Å². The SMILES string of the molecule is OCc1cccc(F)c1CCN1CCOCC1. The molecule has 1 heterocycles. The lowest BCUT2D eigenvalue weighted by molar-refractivity contribution is 0.0383. The minimum absolute atomic E-state index is 0.101. The van der Waals surface area contributed by atoms with Crippen LogP contribution >= 0.6 is 0 Å². The minimum Gasteiger partial charge on any atom is -0.392 e. The smallest absolute Gasteiger partial charge is 0.126 e. The second kappa shape index (κ2) is 6.10. The summed E-state index contributed by atoms with van der Waals surface area (Å²) in [4.78, 5) is 2.26. The molecular weight excluding hydrogens is 221 g/mol. The first-order valence-electron chi connectivity index (χ1n) is 5.98. The Labute approximate surface area is 101 Å². The zero-order valence-electron chi connectivity index (χ0n) is 9.86. The summed E-state index contributed by atoms with van der Waals surface area (Å²) in [6, 6.07) is 4.87. The molecule has 0 amide bonds. The Balaban J connectivity index is 1.97. The molecule has 0 radical (unpaired) electrons. The number of nitrogens with zero attached hydrogens (tertiary/aromatic N) is 1. The van der Waals surface area contributed by atoms with Crippen molar-refractivity contribution in [2.75, 3.05) is 32.8 Å². The van der Waals surface area contributed by atoms with Gasteiger partial charge in [-0.25, -0.2) is 4.39 Å². The maximum atomic E-state index is 13.6. The highest BCUT2D eigenvalue weighted by Gasteiger charge is 2.13. The molecule has 94 valence electrons. The molecule has 17 heavy (non-hydrogen) atoms. The summed E-state index contributed by atoms with van der Waals surface area (Å²) in [6.45, 7) is 4.04. The molecule has 1 aromatic carbocycles. The Morgan fingerprint density at radius 1 is 1.29 bits per heavy atom. The Kier molecular flexibility index (Phi) is 4.48. The highest BCUT2D eigenvalue weighted by atomic mass is 19.1. The molecule has 0 aliphatic carbocycles. The monoisotopic (exact) mass is 239 g/mol. The second-order valence-corrected chi connectivity index (χ2v) is 4.24. The van der Waals surface area contributed by atoms with E-state index < -0.39 is 0 Å². The molecule has 0 spiro atoms. The van der Waals surface area contributed by atoms with Crippen LogP contribution in [0.4, 0.5) is 4.39 Å². The van der Waals surface area contributed by atoms with Gasteiger partial charge in [0, 0.05) is 19.6 Å². The zero-order valence-corrected chi connectivity index (χ0v) is 9.86. The molecule has 1 aliphatic heterocycles. The van der Waals surface area contributed by atoms with Gasteiger partial charge in [0.2, 0.25) is 0 Å². The summed E-state index contributed by atoms with van der Waals surface area (Å²) in [6.07, 6.45) is 0.641. The van der Waals surface area contributed by atoms with E-state index in [0.29, 0.717) is 17.5 Å². The molecule has 0 unspecified atom stereocenters. The Morgan fingerprint density at radius 2 is 2.06 bits per heavy atom. The maximum absolute atomic E-state index is 13.6. The topological polar surface area (TPSA) is 32.7 Å². The van der Waals surface area contributed by atoms with Gasteiger partial charge in [-0.15, -0.1) is 0 Å². The lowest BCUT2D eigenvalue weighted by Crippen LogP contribution is -2.37. The highest BCUT2D eigenvalue weighted by molar-refractivity contribution is 5.28. The summed E-state index contributed by atoms with van der Waals surface area (Å²) in [5, 5.41) is 9.18. The molecule has 1 aromatic rings. The van der Waals surface area contributed by atoms with Crippen LogP contribution in [0.5, 0.6) is 0 Å². The second-order valence-electron chi connectivity index (χ2n) is 4.24. The van der Waals surface area contributed by atoms with Crippen LogP contribution in [-0.2, 0) is 17.8 Å². The van der Waals surface area contributed by atoms with Crippen molar-refractivity contribution in [1.29, 1.82) is 0 Å². The Hall–Kier alpha value is -0.970. The molecule has 2 rings (SSSR count). The Morgan fingerprint density at radius 3 is 2.76 bits per heavy atom. The summed E-state index contributed by atoms with van der Waals surface area (Å²) in [5.74, 6) is -0.218. The molecule has 1 saturated heterocycles. The van der Waals surface area contributed by atoms with Crippen molar-refractivity contribution in [3.63, 3.8) is 0 Å². The number of morpholine rings is 1. The van der Waals surface area contributed by atoms with Crippen molar-refractivity contribution >= 4 is 0 Å². The van der Waals surface area contributed by atoms with E-state index in [0.717, 1.165) is 32.8 Å². The highest BCUT2D eigenvalue weighted by Crippen LogP contribution is 2.15. The predicted molar refractivity (Wildman–Crippen MR) is 63.3 cm³/mol. The van der Waals surface area contributed by atoms with E-state index in [-0.39, 0.29) is 12.4 Å². The van der Waals surface area contributed by atoms with E-state index in [9.17, 15) is 9.50 Å². The van der Waals surface area contributed by atoms with Gasteiger partial charge in [0.15, 0.2) is 0 Å². The first kappa shape index (κ1) is 12.5. The largest absolute Gasteiger partial charge is 0.392 e. The third-order valence-electron chi connectivity index (χ3n) is 3.17. The van der Waals surface area contributed by atoms with Gasteiger partial charge < -0.3 is 9.84 Å². The lowest BCUT2D eigenvalue weighted by atomic mass is 10.0. The van der Waals surface area contributed by atoms with E-state index in [2.05, 4.69) is 4.90 Å². The fourth-order valence-electron chi connectivity index (χ4n) is 2.13. The Bertz CT molecular complexity index is 364. The maximum Gasteiger partial charge on any atom is 0.126 e. The van der Waals surface area contributed by atoms with Crippen LogP contribution < -0.4 is 0 Å². The van der Waals surface area contributed by atoms with E-state index >= 15 is 0 Å². The van der Waals surface area contributed by atoms with Gasteiger partial charge in [-0.2, -0.15) is 0 Å². The summed E-state index contributed by atoms with van der Waals surface area (Å²) >= 11 is 0. The summed E-state index contributed by atoms with van der Waals surface area (Å²) < 4.78 is 18.9. The van der Waals surface area contributed by atoms with E-state index in [4.69, 9.17) is 4.74 Å². The number of hydrogen-bond acceptors (Lipinski definition) is 3. The molecule has 1 N–H and O–H groups in total. The van der Waals surface area contributed by atoms with Crippen molar-refractivity contribution in [3.8, 4) is 0 Å². The van der Waals surface area contributed by atoms with Crippen LogP contribution in [0.1, 0.15) is 11.1 Å². The first-order valence-corrected chi connectivity index (χ1v) is 5.98. The quantitative estimate of drug-likeness (QED) is 0.856. The average Bonchev–Trinajstić information content (AvgIpc) is 2.38. The fraction of sp³-hybridized carbons (Fsp3) is 0.538. The molecule has 1 aliphatic rings. The van der Waals surface area contributed by atoms with E-state index in [1.165, 1.54) is 6.07 Å². The van der Waals surface area contributed by atoms with Crippen LogP contribution in [0.3, 0.4) is 0 Å². The zero-order chi connectivity index (χ0) is 12.1. The molecule has 4 heteroatoms. The van der Waals surface area contributed by atoms with Crippen LogP contribution in [0.2, 0.25) is 0 Å². The molecule has 3 nitrogen and oxygen atoms in total. The number of halogens is 1. The van der Waals surface area contributed by atoms with Crippen molar-refractivity contribution in [3.05, 3.63) is 35.1 Å². The van der Waals surface area contributed by atoms with Crippen molar-refractivity contribution in [1.82, 2.24) is 4.90 Å². The number of benzene rings is 1. The van der Waals surface area contributed by atoms with Crippen LogP contribution in [0, 0.1) is 5.82 Å². The molecule has 0 aromatic heterocycles.